The molecule has 0 aliphatic carbocycles. The molecule has 3 atom stereocenters. The molecule has 0 radical (unpaired) electrons. The Bertz CT molecular complexity index is 489. The van der Waals surface area contributed by atoms with Crippen LogP contribution in [0.2, 0.25) is 0 Å². The lowest BCUT2D eigenvalue weighted by atomic mass is 9.87. The predicted octanol–water partition coefficient (Wildman–Crippen LogP) is 1.99. The molecule has 21 heavy (non-hydrogen) atoms. The van der Waals surface area contributed by atoms with Gasteiger partial charge < -0.3 is 10.4 Å². The summed E-state index contributed by atoms with van der Waals surface area (Å²) >= 11 is 0. The first-order valence-electron chi connectivity index (χ1n) is 7.81. The van der Waals surface area contributed by atoms with Crippen LogP contribution in [0.4, 0.5) is 0 Å². The molecular formula is C17H26N2O2. The molecule has 1 heterocycles. The summed E-state index contributed by atoms with van der Waals surface area (Å²) in [7, 11) is 1.67. The fourth-order valence-electron chi connectivity index (χ4n) is 3.08. The number of benzene rings is 1. The molecule has 2 rings (SSSR count). The van der Waals surface area contributed by atoms with Gasteiger partial charge in [0.25, 0.3) is 5.91 Å². The van der Waals surface area contributed by atoms with Gasteiger partial charge in [-0.25, -0.2) is 0 Å². The van der Waals surface area contributed by atoms with Gasteiger partial charge in [-0.15, -0.1) is 0 Å². The zero-order valence-corrected chi connectivity index (χ0v) is 13.2. The Balaban J connectivity index is 2.20. The molecule has 0 saturated carbocycles. The van der Waals surface area contributed by atoms with Gasteiger partial charge in [-0.3, -0.25) is 9.69 Å². The van der Waals surface area contributed by atoms with E-state index < -0.39 is 0 Å². The molecule has 0 unspecified atom stereocenters. The van der Waals surface area contributed by atoms with E-state index in [4.69, 9.17) is 0 Å². The lowest BCUT2D eigenvalue weighted by molar-refractivity contribution is -0.0551. The standard InChI is InChI=1S/C17H26N2O2/c1-4-7-13(10-19-11-16(20)12(19)2)14-8-5-6-9-15(14)17(21)18-3/h5-6,8-9,12-13,16,20H,4,7,10-11H2,1-3H3,(H,18,21)/t12-,13-,16-/m1/s1. The highest BCUT2D eigenvalue weighted by Crippen LogP contribution is 2.29. The third-order valence-corrected chi connectivity index (χ3v) is 4.52. The van der Waals surface area contributed by atoms with Crippen molar-refractivity contribution in [3.63, 3.8) is 0 Å². The molecule has 0 spiro atoms. The van der Waals surface area contributed by atoms with Gasteiger partial charge in [0.15, 0.2) is 0 Å². The predicted molar refractivity (Wildman–Crippen MR) is 84.5 cm³/mol. The number of carbonyl (C=O) groups excluding carboxylic acids is 1. The molecule has 116 valence electrons. The van der Waals surface area contributed by atoms with E-state index in [2.05, 4.69) is 30.1 Å². The van der Waals surface area contributed by atoms with Crippen LogP contribution in [0, 0.1) is 0 Å². The van der Waals surface area contributed by atoms with Gasteiger partial charge >= 0.3 is 0 Å². The van der Waals surface area contributed by atoms with Gasteiger partial charge in [-0.05, 0) is 30.9 Å². The van der Waals surface area contributed by atoms with Crippen molar-refractivity contribution in [2.75, 3.05) is 20.1 Å². The summed E-state index contributed by atoms with van der Waals surface area (Å²) in [5.41, 5.74) is 1.89. The van der Waals surface area contributed by atoms with E-state index in [1.54, 1.807) is 7.05 Å². The molecule has 1 aromatic rings. The number of aliphatic hydroxyl groups excluding tert-OH is 1. The summed E-state index contributed by atoms with van der Waals surface area (Å²) < 4.78 is 0. The Hall–Kier alpha value is -1.39. The summed E-state index contributed by atoms with van der Waals surface area (Å²) in [4.78, 5) is 14.4. The van der Waals surface area contributed by atoms with Gasteiger partial charge in [0, 0.05) is 31.7 Å². The zero-order valence-electron chi connectivity index (χ0n) is 13.2. The Kier molecular flexibility index (Phi) is 5.37. The van der Waals surface area contributed by atoms with Crippen LogP contribution in [0.3, 0.4) is 0 Å². The molecule has 1 aromatic carbocycles. The average molecular weight is 290 g/mol. The summed E-state index contributed by atoms with van der Waals surface area (Å²) in [5, 5.41) is 12.4. The SMILES string of the molecule is CCC[C@H](CN1C[C@@H](O)[C@H]1C)c1ccccc1C(=O)NC. The topological polar surface area (TPSA) is 52.6 Å². The van der Waals surface area contributed by atoms with Crippen LogP contribution in [0.15, 0.2) is 24.3 Å². The van der Waals surface area contributed by atoms with E-state index in [0.717, 1.165) is 37.1 Å². The molecule has 0 aromatic heterocycles. The van der Waals surface area contributed by atoms with E-state index in [9.17, 15) is 9.90 Å². The number of amides is 1. The van der Waals surface area contributed by atoms with Crippen LogP contribution < -0.4 is 5.32 Å². The first kappa shape index (κ1) is 16.0. The van der Waals surface area contributed by atoms with Crippen LogP contribution >= 0.6 is 0 Å². The Morgan fingerprint density at radius 3 is 2.76 bits per heavy atom. The first-order valence-corrected chi connectivity index (χ1v) is 7.81. The smallest absolute Gasteiger partial charge is 0.251 e. The number of β-amino-alcohol motifs (C(OH)–C–C–N with tert-alkyl or cyclic N) is 1. The number of hydrogen-bond acceptors (Lipinski definition) is 3. The summed E-state index contributed by atoms with van der Waals surface area (Å²) in [6.45, 7) is 5.87. The molecule has 2 N–H and O–H groups in total. The molecule has 0 bridgehead atoms. The third-order valence-electron chi connectivity index (χ3n) is 4.52. The van der Waals surface area contributed by atoms with Crippen LogP contribution in [-0.4, -0.2) is 48.2 Å². The van der Waals surface area contributed by atoms with E-state index >= 15 is 0 Å². The molecule has 1 fully saturated rings. The van der Waals surface area contributed by atoms with E-state index in [1.165, 1.54) is 0 Å². The summed E-state index contributed by atoms with van der Waals surface area (Å²) in [6, 6.07) is 8.08. The molecule has 1 aliphatic heterocycles. The Morgan fingerprint density at radius 2 is 2.19 bits per heavy atom. The minimum atomic E-state index is -0.207. The van der Waals surface area contributed by atoms with Crippen LogP contribution in [0.1, 0.15) is 48.5 Å². The van der Waals surface area contributed by atoms with Crippen molar-refractivity contribution in [3.05, 3.63) is 35.4 Å². The van der Waals surface area contributed by atoms with Crippen molar-refractivity contribution in [2.45, 2.75) is 44.8 Å². The highest BCUT2D eigenvalue weighted by molar-refractivity contribution is 5.95. The van der Waals surface area contributed by atoms with Crippen molar-refractivity contribution in [2.24, 2.45) is 0 Å². The minimum Gasteiger partial charge on any atom is -0.390 e. The van der Waals surface area contributed by atoms with Crippen molar-refractivity contribution in [1.29, 1.82) is 0 Å². The van der Waals surface area contributed by atoms with Gasteiger partial charge in [-0.2, -0.15) is 0 Å². The quantitative estimate of drug-likeness (QED) is 0.842. The summed E-state index contributed by atoms with van der Waals surface area (Å²) in [6.07, 6.45) is 1.92. The maximum Gasteiger partial charge on any atom is 0.251 e. The van der Waals surface area contributed by atoms with Crippen molar-refractivity contribution < 1.29 is 9.90 Å². The van der Waals surface area contributed by atoms with Crippen molar-refractivity contribution >= 4 is 5.91 Å². The Morgan fingerprint density at radius 1 is 1.48 bits per heavy atom. The molecule has 4 nitrogen and oxygen atoms in total. The van der Waals surface area contributed by atoms with Crippen LogP contribution in [-0.2, 0) is 0 Å². The van der Waals surface area contributed by atoms with Gasteiger partial charge in [0.05, 0.1) is 6.10 Å². The van der Waals surface area contributed by atoms with Crippen molar-refractivity contribution in [3.8, 4) is 0 Å². The molecule has 1 amide bonds. The maximum atomic E-state index is 12.1. The van der Waals surface area contributed by atoms with Crippen molar-refractivity contribution in [1.82, 2.24) is 10.2 Å². The highest BCUT2D eigenvalue weighted by Gasteiger charge is 2.35. The van der Waals surface area contributed by atoms with E-state index in [1.807, 2.05) is 18.2 Å². The van der Waals surface area contributed by atoms with Gasteiger partial charge in [0.2, 0.25) is 0 Å². The second-order valence-corrected chi connectivity index (χ2v) is 5.91. The largest absolute Gasteiger partial charge is 0.390 e. The number of nitrogens with zero attached hydrogens (tertiary/aromatic N) is 1. The number of carbonyl (C=O) groups is 1. The minimum absolute atomic E-state index is 0.0246. The maximum absolute atomic E-state index is 12.1. The van der Waals surface area contributed by atoms with E-state index in [0.29, 0.717) is 5.92 Å². The number of hydrogen-bond donors (Lipinski definition) is 2. The Labute approximate surface area is 127 Å². The normalized spacial score (nSPS) is 23.4. The fraction of sp³-hybridized carbons (Fsp3) is 0.588. The highest BCUT2D eigenvalue weighted by atomic mass is 16.3. The zero-order chi connectivity index (χ0) is 15.4. The van der Waals surface area contributed by atoms with Crippen LogP contribution in [0.25, 0.3) is 0 Å². The second kappa shape index (κ2) is 7.05. The second-order valence-electron chi connectivity index (χ2n) is 5.91. The molecule has 1 saturated heterocycles. The molecule has 4 heteroatoms. The summed E-state index contributed by atoms with van der Waals surface area (Å²) in [5.74, 6) is 0.307. The molecule has 1 aliphatic rings. The van der Waals surface area contributed by atoms with Crippen LogP contribution in [0.5, 0.6) is 0 Å². The number of likely N-dealkylation sites (tertiary alicyclic amines) is 1. The number of rotatable bonds is 6. The van der Waals surface area contributed by atoms with Gasteiger partial charge in [-0.1, -0.05) is 31.5 Å². The lowest BCUT2D eigenvalue weighted by Gasteiger charge is -2.45. The first-order chi connectivity index (χ1) is 10.1. The number of aliphatic hydroxyl groups is 1. The lowest BCUT2D eigenvalue weighted by Crippen LogP contribution is -2.59. The third kappa shape index (κ3) is 3.44. The molecular weight excluding hydrogens is 264 g/mol. The average Bonchev–Trinajstić information content (AvgIpc) is 2.52. The fourth-order valence-corrected chi connectivity index (χ4v) is 3.08. The monoisotopic (exact) mass is 290 g/mol. The number of nitrogens with one attached hydrogen (secondary N) is 1. The van der Waals surface area contributed by atoms with Gasteiger partial charge in [0.1, 0.15) is 0 Å². The van der Waals surface area contributed by atoms with E-state index in [-0.39, 0.29) is 18.1 Å².